The van der Waals surface area contributed by atoms with Crippen molar-refractivity contribution in [1.82, 2.24) is 5.32 Å². The summed E-state index contributed by atoms with van der Waals surface area (Å²) in [4.78, 5) is 0. The van der Waals surface area contributed by atoms with Crippen molar-refractivity contribution in [2.45, 2.75) is 30.2 Å². The average Bonchev–Trinajstić information content (AvgIpc) is 2.12. The van der Waals surface area contributed by atoms with Gasteiger partial charge in [0.1, 0.15) is 4.71 Å². The summed E-state index contributed by atoms with van der Waals surface area (Å²) in [7, 11) is 0. The number of thioether (sulfide) groups is 2. The third-order valence-corrected chi connectivity index (χ3v) is 3.84. The summed E-state index contributed by atoms with van der Waals surface area (Å²) in [5.41, 5.74) is 0. The first kappa shape index (κ1) is 8.75. The van der Waals surface area contributed by atoms with E-state index in [0.29, 0.717) is 9.45 Å². The van der Waals surface area contributed by atoms with Crippen LogP contribution in [0.1, 0.15) is 20.8 Å². The molecule has 0 amide bonds. The van der Waals surface area contributed by atoms with Gasteiger partial charge in [0.25, 0.3) is 0 Å². The Labute approximate surface area is 71.7 Å². The highest BCUT2D eigenvalue weighted by Gasteiger charge is 2.21. The topological polar surface area (TPSA) is 12.0 Å². The van der Waals surface area contributed by atoms with Crippen LogP contribution in [-0.4, -0.2) is 21.8 Å². The molecule has 0 bridgehead atoms. The lowest BCUT2D eigenvalue weighted by Gasteiger charge is -2.21. The van der Waals surface area contributed by atoms with Crippen molar-refractivity contribution < 1.29 is 0 Å². The zero-order valence-corrected chi connectivity index (χ0v) is 8.44. The van der Waals surface area contributed by atoms with Crippen molar-refractivity contribution in [3.05, 3.63) is 0 Å². The second kappa shape index (κ2) is 3.37. The van der Waals surface area contributed by atoms with Crippen LogP contribution in [0.4, 0.5) is 0 Å². The predicted molar refractivity (Wildman–Crippen MR) is 51.6 cm³/mol. The first-order valence-corrected chi connectivity index (χ1v) is 5.53. The van der Waals surface area contributed by atoms with E-state index < -0.39 is 0 Å². The Balaban J connectivity index is 2.24. The summed E-state index contributed by atoms with van der Waals surface area (Å²) >= 11 is 4.04. The molecular weight excluding hydrogens is 162 g/mol. The van der Waals surface area contributed by atoms with E-state index in [9.17, 15) is 0 Å². The summed E-state index contributed by atoms with van der Waals surface area (Å²) in [6.07, 6.45) is 0. The fraction of sp³-hybridized carbons (Fsp3) is 1.00. The van der Waals surface area contributed by atoms with Crippen LogP contribution in [0.5, 0.6) is 0 Å². The van der Waals surface area contributed by atoms with E-state index in [1.54, 1.807) is 0 Å². The number of nitrogens with one attached hydrogen (secondary N) is 1. The molecule has 1 heterocycles. The molecule has 1 aliphatic rings. The molecule has 1 N–H and O–H groups in total. The molecule has 0 aromatic heterocycles. The SMILES string of the molecule is CC(C)(C)SC1NCCS1. The lowest BCUT2D eigenvalue weighted by molar-refractivity contribution is 0.782. The van der Waals surface area contributed by atoms with Crippen LogP contribution in [0.15, 0.2) is 0 Å². The molecule has 0 aromatic rings. The average molecular weight is 177 g/mol. The molecule has 1 atom stereocenters. The Bertz CT molecular complexity index is 103. The van der Waals surface area contributed by atoms with Crippen LogP contribution in [0.25, 0.3) is 0 Å². The molecule has 1 saturated heterocycles. The molecule has 0 radical (unpaired) electrons. The second-order valence-electron chi connectivity index (χ2n) is 3.39. The highest BCUT2D eigenvalue weighted by atomic mass is 32.2. The van der Waals surface area contributed by atoms with Crippen LogP contribution in [0.2, 0.25) is 0 Å². The summed E-state index contributed by atoms with van der Waals surface area (Å²) in [6, 6.07) is 0. The van der Waals surface area contributed by atoms with E-state index >= 15 is 0 Å². The monoisotopic (exact) mass is 177 g/mol. The van der Waals surface area contributed by atoms with E-state index in [1.165, 1.54) is 12.3 Å². The quantitative estimate of drug-likeness (QED) is 0.659. The Morgan fingerprint density at radius 2 is 2.20 bits per heavy atom. The van der Waals surface area contributed by atoms with Gasteiger partial charge in [0.15, 0.2) is 0 Å². The van der Waals surface area contributed by atoms with Gasteiger partial charge in [-0.2, -0.15) is 0 Å². The number of hydrogen-bond acceptors (Lipinski definition) is 3. The molecule has 10 heavy (non-hydrogen) atoms. The maximum Gasteiger partial charge on any atom is 0.101 e. The maximum atomic E-state index is 3.44. The van der Waals surface area contributed by atoms with Gasteiger partial charge in [-0.25, -0.2) is 0 Å². The molecule has 1 fully saturated rings. The first-order valence-electron chi connectivity index (χ1n) is 3.61. The standard InChI is InChI=1S/C7H15NS2/c1-7(2,3)10-6-8-4-5-9-6/h6,8H,4-5H2,1-3H3. The summed E-state index contributed by atoms with van der Waals surface area (Å²) in [5, 5.41) is 3.44. The summed E-state index contributed by atoms with van der Waals surface area (Å²) in [6.45, 7) is 7.97. The fourth-order valence-electron chi connectivity index (χ4n) is 0.798. The largest absolute Gasteiger partial charge is 0.296 e. The van der Waals surface area contributed by atoms with Crippen LogP contribution in [0.3, 0.4) is 0 Å². The van der Waals surface area contributed by atoms with Gasteiger partial charge >= 0.3 is 0 Å². The van der Waals surface area contributed by atoms with Gasteiger partial charge in [-0.15, -0.1) is 23.5 Å². The van der Waals surface area contributed by atoms with Crippen molar-refractivity contribution in [1.29, 1.82) is 0 Å². The van der Waals surface area contributed by atoms with Crippen LogP contribution in [0, 0.1) is 0 Å². The van der Waals surface area contributed by atoms with Crippen molar-refractivity contribution in [2.75, 3.05) is 12.3 Å². The molecule has 0 aliphatic carbocycles. The minimum Gasteiger partial charge on any atom is -0.296 e. The number of hydrogen-bond donors (Lipinski definition) is 1. The van der Waals surface area contributed by atoms with E-state index in [-0.39, 0.29) is 0 Å². The van der Waals surface area contributed by atoms with E-state index in [2.05, 4.69) is 26.1 Å². The van der Waals surface area contributed by atoms with Crippen LogP contribution >= 0.6 is 23.5 Å². The predicted octanol–water partition coefficient (Wildman–Crippen LogP) is 2.14. The van der Waals surface area contributed by atoms with Crippen LogP contribution < -0.4 is 5.32 Å². The van der Waals surface area contributed by atoms with Gasteiger partial charge in [-0.05, 0) is 0 Å². The van der Waals surface area contributed by atoms with E-state index in [4.69, 9.17) is 0 Å². The third kappa shape index (κ3) is 3.17. The smallest absolute Gasteiger partial charge is 0.101 e. The van der Waals surface area contributed by atoms with Gasteiger partial charge < -0.3 is 0 Å². The van der Waals surface area contributed by atoms with Crippen LogP contribution in [-0.2, 0) is 0 Å². The third-order valence-electron chi connectivity index (χ3n) is 1.14. The lowest BCUT2D eigenvalue weighted by atomic mass is 10.3. The normalized spacial score (nSPS) is 27.3. The Hall–Kier alpha value is 0.660. The van der Waals surface area contributed by atoms with Gasteiger partial charge in [0, 0.05) is 17.0 Å². The molecular formula is C7H15NS2. The molecule has 1 aliphatic heterocycles. The van der Waals surface area contributed by atoms with Crippen molar-refractivity contribution in [3.63, 3.8) is 0 Å². The Kier molecular flexibility index (Phi) is 2.95. The first-order chi connectivity index (χ1) is 4.58. The Morgan fingerprint density at radius 3 is 2.60 bits per heavy atom. The fourth-order valence-corrected chi connectivity index (χ4v) is 3.75. The van der Waals surface area contributed by atoms with Crippen molar-refractivity contribution in [3.8, 4) is 0 Å². The molecule has 3 heteroatoms. The summed E-state index contributed by atoms with van der Waals surface area (Å²) in [5.74, 6) is 1.27. The Morgan fingerprint density at radius 1 is 1.50 bits per heavy atom. The highest BCUT2D eigenvalue weighted by molar-refractivity contribution is 8.17. The molecule has 0 aromatic carbocycles. The van der Waals surface area contributed by atoms with Gasteiger partial charge in [0.2, 0.25) is 0 Å². The molecule has 1 unspecified atom stereocenters. The molecule has 60 valence electrons. The zero-order chi connectivity index (χ0) is 7.61. The number of rotatable bonds is 1. The van der Waals surface area contributed by atoms with Gasteiger partial charge in [0.05, 0.1) is 0 Å². The van der Waals surface area contributed by atoms with Gasteiger partial charge in [-0.1, -0.05) is 20.8 Å². The minimum atomic E-state index is 0.398. The lowest BCUT2D eigenvalue weighted by Crippen LogP contribution is -2.22. The van der Waals surface area contributed by atoms with E-state index in [0.717, 1.165) is 0 Å². The minimum absolute atomic E-state index is 0.398. The highest BCUT2D eigenvalue weighted by Crippen LogP contribution is 2.34. The van der Waals surface area contributed by atoms with Gasteiger partial charge in [-0.3, -0.25) is 5.32 Å². The molecule has 0 spiro atoms. The second-order valence-corrected chi connectivity index (χ2v) is 6.83. The molecule has 0 saturated carbocycles. The van der Waals surface area contributed by atoms with Crippen molar-refractivity contribution >= 4 is 23.5 Å². The molecule has 1 nitrogen and oxygen atoms in total. The summed E-state index contributed by atoms with van der Waals surface area (Å²) < 4.78 is 1.04. The maximum absolute atomic E-state index is 3.44. The van der Waals surface area contributed by atoms with E-state index in [1.807, 2.05) is 23.5 Å². The van der Waals surface area contributed by atoms with Crippen molar-refractivity contribution in [2.24, 2.45) is 0 Å². The zero-order valence-electron chi connectivity index (χ0n) is 6.81. The molecule has 1 rings (SSSR count).